The van der Waals surface area contributed by atoms with Gasteiger partial charge in [-0.05, 0) is 56.9 Å². The molecule has 0 saturated carbocycles. The quantitative estimate of drug-likeness (QED) is 0.892. The van der Waals surface area contributed by atoms with Crippen LogP contribution in [0.3, 0.4) is 0 Å². The number of nitrogens with zero attached hydrogens (tertiary/aromatic N) is 1. The third kappa shape index (κ3) is 2.95. The highest BCUT2D eigenvalue weighted by atomic mass is 19.1. The first kappa shape index (κ1) is 14.0. The van der Waals surface area contributed by atoms with Gasteiger partial charge in [0.05, 0.1) is 12.1 Å². The minimum absolute atomic E-state index is 0.117. The zero-order valence-electron chi connectivity index (χ0n) is 11.4. The number of hydrogen-bond donors (Lipinski definition) is 1. The Labute approximate surface area is 113 Å². The van der Waals surface area contributed by atoms with Gasteiger partial charge in [-0.3, -0.25) is 4.79 Å². The standard InChI is InChI=1S/C15H20FNO2/c1-10-9-12(6-7-13(10)16)15(19)17-8-4-3-5-14(17)11(2)18/h6-7,9,11,14,18H,3-5,8H2,1-2H3/t11-,14+/m0/s1. The Balaban J connectivity index is 2.23. The highest BCUT2D eigenvalue weighted by molar-refractivity contribution is 5.94. The van der Waals surface area contributed by atoms with Crippen LogP contribution in [0.25, 0.3) is 0 Å². The first-order valence-corrected chi connectivity index (χ1v) is 6.76. The average molecular weight is 265 g/mol. The zero-order chi connectivity index (χ0) is 14.0. The summed E-state index contributed by atoms with van der Waals surface area (Å²) in [5.41, 5.74) is 0.961. The van der Waals surface area contributed by atoms with Crippen LogP contribution in [0, 0.1) is 12.7 Å². The second-order valence-electron chi connectivity index (χ2n) is 5.27. The minimum atomic E-state index is -0.536. The van der Waals surface area contributed by atoms with Crippen LogP contribution in [0.15, 0.2) is 18.2 Å². The minimum Gasteiger partial charge on any atom is -0.391 e. The number of aliphatic hydroxyl groups excluding tert-OH is 1. The molecule has 4 heteroatoms. The average Bonchev–Trinajstić information content (AvgIpc) is 2.41. The number of carbonyl (C=O) groups is 1. The van der Waals surface area contributed by atoms with E-state index in [0.29, 0.717) is 17.7 Å². The topological polar surface area (TPSA) is 40.5 Å². The van der Waals surface area contributed by atoms with Crippen molar-refractivity contribution in [2.24, 2.45) is 0 Å². The number of halogens is 1. The number of aryl methyl sites for hydroxylation is 1. The molecule has 1 N–H and O–H groups in total. The molecule has 1 aromatic carbocycles. The SMILES string of the molecule is Cc1cc(C(=O)N2CCCC[C@@H]2[C@H](C)O)ccc1F. The van der Waals surface area contributed by atoms with E-state index in [4.69, 9.17) is 0 Å². The lowest BCUT2D eigenvalue weighted by Gasteiger charge is -2.37. The molecule has 0 spiro atoms. The van der Waals surface area contributed by atoms with Gasteiger partial charge in [0.2, 0.25) is 0 Å². The Kier molecular flexibility index (Phi) is 4.20. The van der Waals surface area contributed by atoms with E-state index in [1.165, 1.54) is 12.1 Å². The van der Waals surface area contributed by atoms with Gasteiger partial charge in [0, 0.05) is 12.1 Å². The van der Waals surface area contributed by atoms with E-state index in [1.54, 1.807) is 24.8 Å². The van der Waals surface area contributed by atoms with Crippen molar-refractivity contribution < 1.29 is 14.3 Å². The largest absolute Gasteiger partial charge is 0.391 e. The second kappa shape index (κ2) is 5.70. The van der Waals surface area contributed by atoms with Gasteiger partial charge in [0.15, 0.2) is 0 Å². The van der Waals surface area contributed by atoms with Crippen molar-refractivity contribution in [2.45, 2.75) is 45.3 Å². The van der Waals surface area contributed by atoms with E-state index >= 15 is 0 Å². The zero-order valence-corrected chi connectivity index (χ0v) is 11.4. The van der Waals surface area contributed by atoms with Crippen molar-refractivity contribution in [1.29, 1.82) is 0 Å². The van der Waals surface area contributed by atoms with Crippen LogP contribution in [0.2, 0.25) is 0 Å². The lowest BCUT2D eigenvalue weighted by molar-refractivity contribution is 0.0281. The van der Waals surface area contributed by atoms with E-state index in [1.807, 2.05) is 0 Å². The van der Waals surface area contributed by atoms with Crippen LogP contribution in [-0.4, -0.2) is 34.6 Å². The van der Waals surface area contributed by atoms with Crippen molar-refractivity contribution in [2.75, 3.05) is 6.54 Å². The number of piperidine rings is 1. The molecule has 0 aromatic heterocycles. The first-order valence-electron chi connectivity index (χ1n) is 6.76. The van der Waals surface area contributed by atoms with Gasteiger partial charge in [-0.15, -0.1) is 0 Å². The molecule has 0 unspecified atom stereocenters. The normalized spacial score (nSPS) is 21.3. The Morgan fingerprint density at radius 1 is 1.47 bits per heavy atom. The summed E-state index contributed by atoms with van der Waals surface area (Å²) in [6.45, 7) is 4.02. The summed E-state index contributed by atoms with van der Waals surface area (Å²) in [7, 11) is 0. The van der Waals surface area contributed by atoms with Gasteiger partial charge in [-0.1, -0.05) is 0 Å². The van der Waals surface area contributed by atoms with Gasteiger partial charge >= 0.3 is 0 Å². The fourth-order valence-corrected chi connectivity index (χ4v) is 2.65. The van der Waals surface area contributed by atoms with Gasteiger partial charge < -0.3 is 10.0 Å². The lowest BCUT2D eigenvalue weighted by Crippen LogP contribution is -2.48. The number of benzene rings is 1. The molecule has 104 valence electrons. The van der Waals surface area contributed by atoms with Crippen molar-refractivity contribution >= 4 is 5.91 Å². The molecule has 0 bridgehead atoms. The highest BCUT2D eigenvalue weighted by Gasteiger charge is 2.30. The number of hydrogen-bond acceptors (Lipinski definition) is 2. The van der Waals surface area contributed by atoms with Crippen LogP contribution in [-0.2, 0) is 0 Å². The number of amides is 1. The molecule has 2 atom stereocenters. The summed E-state index contributed by atoms with van der Waals surface area (Å²) in [6, 6.07) is 4.28. The number of rotatable bonds is 2. The second-order valence-corrected chi connectivity index (χ2v) is 5.27. The van der Waals surface area contributed by atoms with Gasteiger partial charge in [-0.2, -0.15) is 0 Å². The fraction of sp³-hybridized carbons (Fsp3) is 0.533. The third-order valence-electron chi connectivity index (χ3n) is 3.77. The molecular formula is C15H20FNO2. The number of likely N-dealkylation sites (tertiary alicyclic amines) is 1. The van der Waals surface area contributed by atoms with E-state index in [9.17, 15) is 14.3 Å². The van der Waals surface area contributed by atoms with Gasteiger partial charge in [-0.25, -0.2) is 4.39 Å². The molecule has 19 heavy (non-hydrogen) atoms. The maximum atomic E-state index is 13.2. The third-order valence-corrected chi connectivity index (χ3v) is 3.77. The Morgan fingerprint density at radius 3 is 2.84 bits per heavy atom. The Bertz CT molecular complexity index is 473. The van der Waals surface area contributed by atoms with Crippen molar-refractivity contribution in [1.82, 2.24) is 4.90 Å². The summed E-state index contributed by atoms with van der Waals surface area (Å²) in [5, 5.41) is 9.79. The Morgan fingerprint density at radius 2 is 2.21 bits per heavy atom. The summed E-state index contributed by atoms with van der Waals surface area (Å²) in [5.74, 6) is -0.420. The molecule has 1 aliphatic rings. The molecule has 0 radical (unpaired) electrons. The molecule has 3 nitrogen and oxygen atoms in total. The fourth-order valence-electron chi connectivity index (χ4n) is 2.65. The van der Waals surface area contributed by atoms with E-state index < -0.39 is 6.10 Å². The summed E-state index contributed by atoms with van der Waals surface area (Å²) in [4.78, 5) is 14.2. The molecule has 2 rings (SSSR count). The molecule has 1 heterocycles. The summed E-state index contributed by atoms with van der Waals surface area (Å²) in [6.07, 6.45) is 2.27. The van der Waals surface area contributed by atoms with Crippen molar-refractivity contribution in [3.63, 3.8) is 0 Å². The lowest BCUT2D eigenvalue weighted by atomic mass is 9.97. The van der Waals surface area contributed by atoms with Gasteiger partial charge in [0.1, 0.15) is 5.82 Å². The smallest absolute Gasteiger partial charge is 0.254 e. The van der Waals surface area contributed by atoms with Crippen molar-refractivity contribution in [3.8, 4) is 0 Å². The first-order chi connectivity index (χ1) is 9.00. The van der Waals surface area contributed by atoms with Gasteiger partial charge in [0.25, 0.3) is 5.91 Å². The van der Waals surface area contributed by atoms with Crippen LogP contribution < -0.4 is 0 Å². The maximum absolute atomic E-state index is 13.2. The molecule has 1 fully saturated rings. The maximum Gasteiger partial charge on any atom is 0.254 e. The molecule has 1 aromatic rings. The van der Waals surface area contributed by atoms with E-state index in [0.717, 1.165) is 19.3 Å². The molecule has 1 amide bonds. The highest BCUT2D eigenvalue weighted by Crippen LogP contribution is 2.22. The summed E-state index contributed by atoms with van der Waals surface area (Å²) >= 11 is 0. The predicted molar refractivity (Wildman–Crippen MR) is 71.5 cm³/mol. The summed E-state index contributed by atoms with van der Waals surface area (Å²) < 4.78 is 13.2. The molecule has 1 saturated heterocycles. The molecule has 1 aliphatic heterocycles. The number of aliphatic hydroxyl groups is 1. The molecule has 0 aliphatic carbocycles. The van der Waals surface area contributed by atoms with E-state index in [2.05, 4.69) is 0 Å². The Hall–Kier alpha value is -1.42. The van der Waals surface area contributed by atoms with E-state index in [-0.39, 0.29) is 17.8 Å². The van der Waals surface area contributed by atoms with Crippen LogP contribution in [0.5, 0.6) is 0 Å². The monoisotopic (exact) mass is 265 g/mol. The van der Waals surface area contributed by atoms with Crippen LogP contribution in [0.1, 0.15) is 42.1 Å². The molecular weight excluding hydrogens is 245 g/mol. The van der Waals surface area contributed by atoms with Crippen molar-refractivity contribution in [3.05, 3.63) is 35.1 Å². The predicted octanol–water partition coefficient (Wildman–Crippen LogP) is 2.51. The van der Waals surface area contributed by atoms with Crippen LogP contribution >= 0.6 is 0 Å². The number of carbonyl (C=O) groups excluding carboxylic acids is 1. The van der Waals surface area contributed by atoms with Crippen LogP contribution in [0.4, 0.5) is 4.39 Å².